The Morgan fingerprint density at radius 2 is 0.904 bits per heavy atom. The molecule has 0 N–H and O–H groups in total. The second-order valence-corrected chi connectivity index (χ2v) is 13.5. The smallest absolute Gasteiger partial charge is 0.119 e. The van der Waals surface area contributed by atoms with E-state index in [1.54, 1.807) is 14.2 Å². The number of nitrogens with zero attached hydrogens (tertiary/aromatic N) is 1. The first kappa shape index (κ1) is 30.1. The highest BCUT2D eigenvalue weighted by atomic mass is 16.5. The summed E-state index contributed by atoms with van der Waals surface area (Å²) in [4.78, 5) is 4.53. The highest BCUT2D eigenvalue weighted by Crippen LogP contribution is 2.48. The molecular weight excluding hydrogens is 635 g/mol. The molecule has 0 saturated carbocycles. The Hall–Kier alpha value is -6.71. The summed E-state index contributed by atoms with van der Waals surface area (Å²) in [6.45, 7) is 0. The van der Waals surface area contributed by atoms with Crippen LogP contribution in [0.25, 0.3) is 98.0 Å². The number of methoxy groups -OCH3 is 2. The van der Waals surface area contributed by atoms with Crippen molar-refractivity contribution >= 4 is 64.6 Å². The quantitative estimate of drug-likeness (QED) is 0.135. The zero-order valence-electron chi connectivity index (χ0n) is 28.9. The molecule has 0 atom stereocenters. The summed E-state index contributed by atoms with van der Waals surface area (Å²) in [6.07, 6.45) is 3.82. The number of aromatic nitrogens is 1. The first-order chi connectivity index (χ1) is 25.7. The van der Waals surface area contributed by atoms with Gasteiger partial charge in [-0.3, -0.25) is 4.98 Å². The van der Waals surface area contributed by atoms with Gasteiger partial charge in [0.25, 0.3) is 0 Å². The lowest BCUT2D eigenvalue weighted by molar-refractivity contribution is 0.415. The molecule has 9 aromatic carbocycles. The van der Waals surface area contributed by atoms with Crippen LogP contribution < -0.4 is 9.47 Å². The standard InChI is InChI=1S/C49H33NO2/c1-51-38-19-17-30-22-35(15-13-32(30)24-38)48-41-11-5-6-12-42(41)49(36-16-14-33-25-39(52-2)20-18-31(33)23-36)47-28-45-43(37-9-7-21-50-29-37)26-34-8-3-4-10-40(34)44(45)27-46(47)48/h3-29H,1-2H3. The summed E-state index contributed by atoms with van der Waals surface area (Å²) in [6, 6.07) is 55.2. The Balaban J connectivity index is 1.38. The molecular formula is C49H33NO2. The Kier molecular flexibility index (Phi) is 6.94. The van der Waals surface area contributed by atoms with E-state index in [-0.39, 0.29) is 0 Å². The molecule has 3 heteroatoms. The molecule has 0 fully saturated rings. The van der Waals surface area contributed by atoms with Crippen LogP contribution in [-0.4, -0.2) is 19.2 Å². The van der Waals surface area contributed by atoms with E-state index < -0.39 is 0 Å². The van der Waals surface area contributed by atoms with E-state index in [0.29, 0.717) is 0 Å². The summed E-state index contributed by atoms with van der Waals surface area (Å²) < 4.78 is 11.1. The molecule has 52 heavy (non-hydrogen) atoms. The van der Waals surface area contributed by atoms with Crippen molar-refractivity contribution in [2.24, 2.45) is 0 Å². The molecule has 0 amide bonds. The first-order valence-electron chi connectivity index (χ1n) is 17.6. The van der Waals surface area contributed by atoms with Crippen LogP contribution in [0, 0.1) is 0 Å². The maximum Gasteiger partial charge on any atom is 0.119 e. The lowest BCUT2D eigenvalue weighted by Gasteiger charge is -2.20. The fourth-order valence-corrected chi connectivity index (χ4v) is 8.17. The molecule has 10 rings (SSSR count). The molecule has 0 aliphatic rings. The van der Waals surface area contributed by atoms with E-state index in [1.807, 2.05) is 30.6 Å². The van der Waals surface area contributed by atoms with Crippen LogP contribution >= 0.6 is 0 Å². The van der Waals surface area contributed by atoms with Gasteiger partial charge in [-0.05, 0) is 153 Å². The van der Waals surface area contributed by atoms with Crippen LogP contribution in [0.5, 0.6) is 11.5 Å². The minimum atomic E-state index is 0.857. The predicted molar refractivity (Wildman–Crippen MR) is 219 cm³/mol. The SMILES string of the molecule is COc1ccc2cc(-c3c4ccccc4c(-c4ccc5cc(OC)ccc5c4)c4cc5c(cc34)c(-c3cccnc3)cc3ccccc35)ccc2c1. The lowest BCUT2D eigenvalue weighted by Crippen LogP contribution is -1.93. The van der Waals surface area contributed by atoms with Crippen molar-refractivity contribution in [2.45, 2.75) is 0 Å². The largest absolute Gasteiger partial charge is 0.497 e. The maximum absolute atomic E-state index is 5.55. The minimum Gasteiger partial charge on any atom is -0.497 e. The number of pyridine rings is 1. The topological polar surface area (TPSA) is 31.4 Å². The average Bonchev–Trinajstić information content (AvgIpc) is 3.21. The van der Waals surface area contributed by atoms with Gasteiger partial charge in [-0.25, -0.2) is 0 Å². The first-order valence-corrected chi connectivity index (χ1v) is 17.6. The second kappa shape index (κ2) is 12.0. The van der Waals surface area contributed by atoms with Crippen LogP contribution in [0.2, 0.25) is 0 Å². The van der Waals surface area contributed by atoms with Crippen molar-refractivity contribution in [1.82, 2.24) is 4.98 Å². The fourth-order valence-electron chi connectivity index (χ4n) is 8.17. The minimum absolute atomic E-state index is 0.857. The summed E-state index contributed by atoms with van der Waals surface area (Å²) in [5.74, 6) is 1.72. The molecule has 10 aromatic rings. The van der Waals surface area contributed by atoms with Crippen molar-refractivity contribution in [1.29, 1.82) is 0 Å². The van der Waals surface area contributed by atoms with Crippen molar-refractivity contribution in [3.8, 4) is 44.9 Å². The molecule has 0 spiro atoms. The number of benzene rings is 9. The van der Waals surface area contributed by atoms with E-state index in [1.165, 1.54) is 81.7 Å². The Morgan fingerprint density at radius 3 is 1.48 bits per heavy atom. The van der Waals surface area contributed by atoms with Crippen molar-refractivity contribution in [3.63, 3.8) is 0 Å². The van der Waals surface area contributed by atoms with Crippen LogP contribution in [0.15, 0.2) is 164 Å². The van der Waals surface area contributed by atoms with Gasteiger partial charge in [0, 0.05) is 18.0 Å². The molecule has 0 aliphatic carbocycles. The zero-order chi connectivity index (χ0) is 34.8. The normalized spacial score (nSPS) is 11.7. The highest BCUT2D eigenvalue weighted by Gasteiger charge is 2.20. The van der Waals surface area contributed by atoms with Crippen molar-refractivity contribution < 1.29 is 9.47 Å². The van der Waals surface area contributed by atoms with E-state index in [2.05, 4.69) is 138 Å². The number of hydrogen-bond acceptors (Lipinski definition) is 3. The van der Waals surface area contributed by atoms with Gasteiger partial charge in [0.1, 0.15) is 11.5 Å². The second-order valence-electron chi connectivity index (χ2n) is 13.5. The Labute approximate surface area is 301 Å². The van der Waals surface area contributed by atoms with E-state index >= 15 is 0 Å². The number of ether oxygens (including phenoxy) is 2. The van der Waals surface area contributed by atoms with Crippen molar-refractivity contribution in [3.05, 3.63) is 164 Å². The third-order valence-electron chi connectivity index (χ3n) is 10.6. The molecule has 3 nitrogen and oxygen atoms in total. The molecule has 1 aromatic heterocycles. The van der Waals surface area contributed by atoms with Crippen LogP contribution in [0.1, 0.15) is 0 Å². The van der Waals surface area contributed by atoms with Gasteiger partial charge in [0.05, 0.1) is 14.2 Å². The van der Waals surface area contributed by atoms with E-state index in [4.69, 9.17) is 9.47 Å². The maximum atomic E-state index is 5.55. The van der Waals surface area contributed by atoms with Gasteiger partial charge in [-0.15, -0.1) is 0 Å². The molecule has 1 heterocycles. The summed E-state index contributed by atoms with van der Waals surface area (Å²) in [7, 11) is 3.44. The summed E-state index contributed by atoms with van der Waals surface area (Å²) in [5, 5.41) is 14.4. The van der Waals surface area contributed by atoms with E-state index in [9.17, 15) is 0 Å². The number of hydrogen-bond donors (Lipinski definition) is 0. The third-order valence-corrected chi connectivity index (χ3v) is 10.6. The third kappa shape index (κ3) is 4.78. The fraction of sp³-hybridized carbons (Fsp3) is 0.0408. The molecule has 0 unspecified atom stereocenters. The molecule has 0 radical (unpaired) electrons. The number of rotatable bonds is 5. The predicted octanol–water partition coefficient (Wildman–Crippen LogP) is 13.0. The van der Waals surface area contributed by atoms with Crippen LogP contribution in [0.3, 0.4) is 0 Å². The summed E-state index contributed by atoms with van der Waals surface area (Å²) in [5.41, 5.74) is 7.10. The zero-order valence-corrected chi connectivity index (χ0v) is 28.9. The molecule has 0 bridgehead atoms. The van der Waals surface area contributed by atoms with Gasteiger partial charge in [0.2, 0.25) is 0 Å². The summed E-state index contributed by atoms with van der Waals surface area (Å²) >= 11 is 0. The van der Waals surface area contributed by atoms with Crippen molar-refractivity contribution in [2.75, 3.05) is 14.2 Å². The molecule has 0 aliphatic heterocycles. The van der Waals surface area contributed by atoms with Gasteiger partial charge in [-0.1, -0.05) is 91.0 Å². The number of fused-ring (bicyclic) bond motifs is 7. The average molecular weight is 668 g/mol. The molecule has 246 valence electrons. The van der Waals surface area contributed by atoms with Gasteiger partial charge in [0.15, 0.2) is 0 Å². The van der Waals surface area contributed by atoms with Gasteiger partial charge < -0.3 is 9.47 Å². The Morgan fingerprint density at radius 1 is 0.365 bits per heavy atom. The molecule has 0 saturated heterocycles. The van der Waals surface area contributed by atoms with Crippen LogP contribution in [-0.2, 0) is 0 Å². The lowest BCUT2D eigenvalue weighted by atomic mass is 9.83. The van der Waals surface area contributed by atoms with E-state index in [0.717, 1.165) is 27.8 Å². The van der Waals surface area contributed by atoms with Gasteiger partial charge >= 0.3 is 0 Å². The highest BCUT2D eigenvalue weighted by molar-refractivity contribution is 6.27. The monoisotopic (exact) mass is 667 g/mol. The Bertz CT molecular complexity index is 3040. The van der Waals surface area contributed by atoms with Gasteiger partial charge in [-0.2, -0.15) is 0 Å². The van der Waals surface area contributed by atoms with Crippen LogP contribution in [0.4, 0.5) is 0 Å².